The third-order valence-electron chi connectivity index (χ3n) is 3.97. The quantitative estimate of drug-likeness (QED) is 0.412. The number of anilines is 1. The Kier molecular flexibility index (Phi) is 8.38. The molecule has 2 aromatic rings. The highest BCUT2D eigenvalue weighted by atomic mass is 79.9. The van der Waals surface area contributed by atoms with Crippen molar-refractivity contribution in [2.75, 3.05) is 18.5 Å². The number of carbonyl (C=O) groups is 4. The van der Waals surface area contributed by atoms with Gasteiger partial charge in [-0.05, 0) is 52.0 Å². The number of esters is 2. The fourth-order valence-corrected chi connectivity index (χ4v) is 2.90. The number of halogens is 1. The monoisotopic (exact) mass is 495 g/mol. The Morgan fingerprint density at radius 1 is 1.10 bits per heavy atom. The molecule has 0 bridgehead atoms. The summed E-state index contributed by atoms with van der Waals surface area (Å²) in [7, 11) is 0. The first-order chi connectivity index (χ1) is 14.6. The van der Waals surface area contributed by atoms with Crippen molar-refractivity contribution >= 4 is 45.4 Å². The van der Waals surface area contributed by atoms with Gasteiger partial charge < -0.3 is 18.6 Å². The van der Waals surface area contributed by atoms with Gasteiger partial charge in [0, 0.05) is 4.47 Å². The zero-order valence-corrected chi connectivity index (χ0v) is 19.0. The van der Waals surface area contributed by atoms with Crippen LogP contribution in [0.25, 0.3) is 0 Å². The van der Waals surface area contributed by atoms with Crippen molar-refractivity contribution in [1.82, 2.24) is 0 Å². The molecular formula is C21H22BrNO8. The lowest BCUT2D eigenvalue weighted by atomic mass is 10.1. The lowest BCUT2D eigenvalue weighted by molar-refractivity contribution is -0.153. The predicted molar refractivity (Wildman–Crippen MR) is 113 cm³/mol. The molecular weight excluding hydrogens is 474 g/mol. The summed E-state index contributed by atoms with van der Waals surface area (Å²) in [5.74, 6) is -2.40. The van der Waals surface area contributed by atoms with E-state index in [1.165, 1.54) is 20.8 Å². The molecule has 1 N–H and O–H groups in total. The van der Waals surface area contributed by atoms with E-state index >= 15 is 0 Å². The minimum Gasteiger partial charge on any atom is -0.479 e. The van der Waals surface area contributed by atoms with Crippen LogP contribution in [0.5, 0.6) is 5.75 Å². The van der Waals surface area contributed by atoms with Crippen LogP contribution < -0.4 is 10.1 Å². The van der Waals surface area contributed by atoms with Crippen LogP contribution in [-0.4, -0.2) is 42.9 Å². The molecule has 9 nitrogen and oxygen atoms in total. The molecule has 1 unspecified atom stereocenters. The summed E-state index contributed by atoms with van der Waals surface area (Å²) in [5.41, 5.74) is -0.166. The van der Waals surface area contributed by atoms with Gasteiger partial charge in [0.25, 0.3) is 5.91 Å². The van der Waals surface area contributed by atoms with Gasteiger partial charge in [-0.2, -0.15) is 0 Å². The molecule has 1 aromatic heterocycles. The van der Waals surface area contributed by atoms with Gasteiger partial charge in [-0.1, -0.05) is 15.9 Å². The first kappa shape index (κ1) is 24.1. The summed E-state index contributed by atoms with van der Waals surface area (Å²) < 4.78 is 21.6. The molecule has 1 amide bonds. The van der Waals surface area contributed by atoms with Gasteiger partial charge in [-0.3, -0.25) is 14.9 Å². The number of furan rings is 1. The van der Waals surface area contributed by atoms with E-state index in [4.69, 9.17) is 18.6 Å². The second kappa shape index (κ2) is 10.8. The second-order valence-electron chi connectivity index (χ2n) is 6.38. The van der Waals surface area contributed by atoms with Gasteiger partial charge in [-0.25, -0.2) is 9.59 Å². The van der Waals surface area contributed by atoms with Crippen molar-refractivity contribution in [2.24, 2.45) is 0 Å². The maximum atomic E-state index is 12.2. The molecule has 1 heterocycles. The highest BCUT2D eigenvalue weighted by Crippen LogP contribution is 2.28. The number of nitrogens with one attached hydrogen (secondary N) is 1. The molecule has 31 heavy (non-hydrogen) atoms. The SMILES string of the molecule is CCOC(=O)c1c(NC(=O)COC(=O)C(C)Oc2ccc(Br)cc2)oc(C)c1C(C)=O. The molecule has 10 heteroatoms. The van der Waals surface area contributed by atoms with E-state index in [1.54, 1.807) is 31.2 Å². The van der Waals surface area contributed by atoms with E-state index in [1.807, 2.05) is 0 Å². The highest BCUT2D eigenvalue weighted by Gasteiger charge is 2.29. The molecule has 0 spiro atoms. The summed E-state index contributed by atoms with van der Waals surface area (Å²) in [6, 6.07) is 6.85. The Morgan fingerprint density at radius 2 is 1.74 bits per heavy atom. The number of amides is 1. The highest BCUT2D eigenvalue weighted by molar-refractivity contribution is 9.10. The zero-order valence-electron chi connectivity index (χ0n) is 17.4. The fourth-order valence-electron chi connectivity index (χ4n) is 2.64. The average molecular weight is 496 g/mol. The first-order valence-corrected chi connectivity index (χ1v) is 10.1. The Balaban J connectivity index is 2.01. The summed E-state index contributed by atoms with van der Waals surface area (Å²) in [5, 5.41) is 2.33. The largest absolute Gasteiger partial charge is 0.479 e. The van der Waals surface area contributed by atoms with Crippen molar-refractivity contribution in [3.05, 3.63) is 45.6 Å². The van der Waals surface area contributed by atoms with Crippen molar-refractivity contribution in [3.8, 4) is 5.75 Å². The average Bonchev–Trinajstić information content (AvgIpc) is 3.03. The maximum absolute atomic E-state index is 12.2. The summed E-state index contributed by atoms with van der Waals surface area (Å²) in [4.78, 5) is 48.5. The molecule has 0 aliphatic heterocycles. The van der Waals surface area contributed by atoms with E-state index in [9.17, 15) is 19.2 Å². The third-order valence-corrected chi connectivity index (χ3v) is 4.50. The lowest BCUT2D eigenvalue weighted by Gasteiger charge is -2.14. The van der Waals surface area contributed by atoms with Crippen LogP contribution >= 0.6 is 15.9 Å². The number of benzene rings is 1. The van der Waals surface area contributed by atoms with Crippen molar-refractivity contribution < 1.29 is 37.8 Å². The fraction of sp³-hybridized carbons (Fsp3) is 0.333. The number of ketones is 1. The summed E-state index contributed by atoms with van der Waals surface area (Å²) in [6.07, 6.45) is -0.959. The molecule has 0 aliphatic carbocycles. The molecule has 0 fully saturated rings. The predicted octanol–water partition coefficient (Wildman–Crippen LogP) is 3.68. The maximum Gasteiger partial charge on any atom is 0.347 e. The Bertz CT molecular complexity index is 980. The van der Waals surface area contributed by atoms with Gasteiger partial charge in [0.1, 0.15) is 17.1 Å². The number of aryl methyl sites for hydroxylation is 1. The third kappa shape index (κ3) is 6.42. The van der Waals surface area contributed by atoms with Crippen LogP contribution in [0.15, 0.2) is 33.2 Å². The minimum atomic E-state index is -0.959. The number of Topliss-reactive ketones (excluding diaryl/α,β-unsaturated/α-hetero) is 1. The van der Waals surface area contributed by atoms with Crippen LogP contribution in [0.1, 0.15) is 47.2 Å². The molecule has 0 saturated carbocycles. The van der Waals surface area contributed by atoms with E-state index < -0.39 is 36.3 Å². The minimum absolute atomic E-state index is 0.0160. The van der Waals surface area contributed by atoms with E-state index in [2.05, 4.69) is 21.2 Å². The van der Waals surface area contributed by atoms with E-state index in [0.29, 0.717) is 5.75 Å². The number of rotatable bonds is 9. The normalized spacial score (nSPS) is 11.4. The van der Waals surface area contributed by atoms with Crippen LogP contribution in [0.4, 0.5) is 5.88 Å². The van der Waals surface area contributed by atoms with Crippen LogP contribution in [-0.2, 0) is 19.1 Å². The van der Waals surface area contributed by atoms with Gasteiger partial charge in [-0.15, -0.1) is 0 Å². The first-order valence-electron chi connectivity index (χ1n) is 9.34. The molecule has 2 rings (SSSR count). The topological polar surface area (TPSA) is 121 Å². The van der Waals surface area contributed by atoms with Crippen molar-refractivity contribution in [1.29, 1.82) is 0 Å². The van der Waals surface area contributed by atoms with Crippen molar-refractivity contribution in [3.63, 3.8) is 0 Å². The van der Waals surface area contributed by atoms with Gasteiger partial charge >= 0.3 is 11.9 Å². The van der Waals surface area contributed by atoms with E-state index in [-0.39, 0.29) is 29.4 Å². The summed E-state index contributed by atoms with van der Waals surface area (Å²) in [6.45, 7) is 5.26. The molecule has 1 aromatic carbocycles. The number of hydrogen-bond acceptors (Lipinski definition) is 8. The molecule has 0 radical (unpaired) electrons. The number of ether oxygens (including phenoxy) is 3. The lowest BCUT2D eigenvalue weighted by Crippen LogP contribution is -2.30. The van der Waals surface area contributed by atoms with Gasteiger partial charge in [0.2, 0.25) is 5.88 Å². The smallest absolute Gasteiger partial charge is 0.347 e. The molecule has 166 valence electrons. The van der Waals surface area contributed by atoms with Crippen molar-refractivity contribution in [2.45, 2.75) is 33.8 Å². The van der Waals surface area contributed by atoms with Crippen LogP contribution in [0.2, 0.25) is 0 Å². The Hall–Kier alpha value is -3.14. The van der Waals surface area contributed by atoms with Gasteiger partial charge in [0.15, 0.2) is 18.5 Å². The second-order valence-corrected chi connectivity index (χ2v) is 7.30. The molecule has 0 aliphatic rings. The van der Waals surface area contributed by atoms with Crippen LogP contribution in [0.3, 0.4) is 0 Å². The Morgan fingerprint density at radius 3 is 2.32 bits per heavy atom. The standard InChI is InChI=1S/C21H22BrNO8/c1-5-28-21(27)18-17(11(2)24)12(3)31-19(18)23-16(25)10-29-20(26)13(4)30-15-8-6-14(22)7-9-15/h6-9,13H,5,10H2,1-4H3,(H,23,25). The zero-order chi connectivity index (χ0) is 23.1. The summed E-state index contributed by atoms with van der Waals surface area (Å²) >= 11 is 3.30. The number of hydrogen-bond donors (Lipinski definition) is 1. The van der Waals surface area contributed by atoms with Gasteiger partial charge in [0.05, 0.1) is 12.2 Å². The van der Waals surface area contributed by atoms with Crippen LogP contribution in [0, 0.1) is 6.92 Å². The number of carbonyl (C=O) groups excluding carboxylic acids is 4. The molecule has 1 atom stereocenters. The Labute approximate surface area is 187 Å². The van der Waals surface area contributed by atoms with E-state index in [0.717, 1.165) is 4.47 Å². The molecule has 0 saturated heterocycles.